The minimum atomic E-state index is -0.602. The Morgan fingerprint density at radius 3 is 2.54 bits per heavy atom. The summed E-state index contributed by atoms with van der Waals surface area (Å²) < 4.78 is 34.3. The monoisotopic (exact) mass is 357 g/mol. The number of nitrogens with zero attached hydrogens (tertiary/aromatic N) is 3. The van der Waals surface area contributed by atoms with Crippen LogP contribution >= 0.6 is 0 Å². The molecular weight excluding hydrogens is 336 g/mol. The Morgan fingerprint density at radius 2 is 1.81 bits per heavy atom. The van der Waals surface area contributed by atoms with E-state index in [-0.39, 0.29) is 5.69 Å². The van der Waals surface area contributed by atoms with E-state index in [1.807, 2.05) is 24.3 Å². The van der Waals surface area contributed by atoms with Crippen LogP contribution in [0.4, 0.5) is 14.5 Å². The molecule has 0 spiro atoms. The predicted molar refractivity (Wildman–Crippen MR) is 97.0 cm³/mol. The van der Waals surface area contributed by atoms with Gasteiger partial charge in [0.05, 0.1) is 19.7 Å². The standard InChI is InChI=1S/C20H21F2N3O/c21-17-8-4-9-18(22)20(17)24-12-11-23-25(24)13-16-7-1-2-10-19(16)26-14-15-5-3-6-15/h1-2,4,7-11,15H,3,5-6,12-14H2. The number of hydrogen-bond acceptors (Lipinski definition) is 4. The molecule has 1 fully saturated rings. The van der Waals surface area contributed by atoms with E-state index in [0.717, 1.165) is 11.3 Å². The molecule has 0 bridgehead atoms. The van der Waals surface area contributed by atoms with Gasteiger partial charge in [-0.2, -0.15) is 5.10 Å². The van der Waals surface area contributed by atoms with Gasteiger partial charge in [-0.1, -0.05) is 30.7 Å². The van der Waals surface area contributed by atoms with Gasteiger partial charge in [0.25, 0.3) is 0 Å². The fourth-order valence-corrected chi connectivity index (χ4v) is 3.23. The topological polar surface area (TPSA) is 28.1 Å². The summed E-state index contributed by atoms with van der Waals surface area (Å²) >= 11 is 0. The molecule has 0 unspecified atom stereocenters. The van der Waals surface area contributed by atoms with E-state index < -0.39 is 11.6 Å². The molecule has 1 saturated carbocycles. The number of hydrazine groups is 1. The van der Waals surface area contributed by atoms with Crippen molar-refractivity contribution in [1.29, 1.82) is 0 Å². The van der Waals surface area contributed by atoms with Crippen molar-refractivity contribution in [1.82, 2.24) is 5.12 Å². The molecule has 136 valence electrons. The molecule has 1 heterocycles. The molecule has 4 rings (SSSR count). The van der Waals surface area contributed by atoms with Gasteiger partial charge < -0.3 is 4.74 Å². The normalized spacial score (nSPS) is 16.8. The zero-order valence-corrected chi connectivity index (χ0v) is 14.4. The molecule has 0 saturated heterocycles. The first kappa shape index (κ1) is 16.8. The van der Waals surface area contributed by atoms with Crippen molar-refractivity contribution in [2.24, 2.45) is 11.0 Å². The average Bonchev–Trinajstić information content (AvgIpc) is 3.03. The molecule has 2 aromatic carbocycles. The molecule has 4 nitrogen and oxygen atoms in total. The quantitative estimate of drug-likeness (QED) is 0.769. The Labute approximate surface area is 151 Å². The fraction of sp³-hybridized carbons (Fsp3) is 0.350. The van der Waals surface area contributed by atoms with Gasteiger partial charge in [0, 0.05) is 11.8 Å². The van der Waals surface area contributed by atoms with Gasteiger partial charge in [-0.3, -0.25) is 5.01 Å². The van der Waals surface area contributed by atoms with Crippen molar-refractivity contribution in [2.75, 3.05) is 18.2 Å². The molecule has 2 aromatic rings. The first-order valence-electron chi connectivity index (χ1n) is 8.94. The smallest absolute Gasteiger partial charge is 0.151 e. The lowest BCUT2D eigenvalue weighted by atomic mass is 9.86. The van der Waals surface area contributed by atoms with Crippen LogP contribution in [0.25, 0.3) is 0 Å². The van der Waals surface area contributed by atoms with Crippen LogP contribution < -0.4 is 9.75 Å². The van der Waals surface area contributed by atoms with Crippen molar-refractivity contribution in [2.45, 2.75) is 25.8 Å². The highest BCUT2D eigenvalue weighted by Crippen LogP contribution is 2.31. The Bertz CT molecular complexity index is 787. The fourth-order valence-electron chi connectivity index (χ4n) is 3.23. The highest BCUT2D eigenvalue weighted by molar-refractivity contribution is 5.68. The second kappa shape index (κ2) is 7.32. The van der Waals surface area contributed by atoms with Crippen molar-refractivity contribution in [3.05, 3.63) is 59.7 Å². The molecule has 0 amide bonds. The Hall–Kier alpha value is -2.63. The van der Waals surface area contributed by atoms with Crippen molar-refractivity contribution >= 4 is 11.9 Å². The number of benzene rings is 2. The number of anilines is 1. The molecule has 1 aliphatic carbocycles. The van der Waals surface area contributed by atoms with Gasteiger partial charge >= 0.3 is 0 Å². The highest BCUT2D eigenvalue weighted by Gasteiger charge is 2.25. The molecule has 26 heavy (non-hydrogen) atoms. The molecule has 6 heteroatoms. The maximum absolute atomic E-state index is 14.2. The Morgan fingerprint density at radius 1 is 1.04 bits per heavy atom. The van der Waals surface area contributed by atoms with E-state index in [1.54, 1.807) is 11.3 Å². The second-order valence-electron chi connectivity index (χ2n) is 6.70. The van der Waals surface area contributed by atoms with E-state index >= 15 is 0 Å². The number of ether oxygens (including phenoxy) is 1. The summed E-state index contributed by atoms with van der Waals surface area (Å²) in [5.41, 5.74) is 0.852. The van der Waals surface area contributed by atoms with Crippen LogP contribution in [0.15, 0.2) is 47.6 Å². The zero-order chi connectivity index (χ0) is 17.9. The largest absolute Gasteiger partial charge is 0.493 e. The summed E-state index contributed by atoms with van der Waals surface area (Å²) in [4.78, 5) is 0. The van der Waals surface area contributed by atoms with E-state index in [1.165, 1.54) is 42.5 Å². The van der Waals surface area contributed by atoms with E-state index in [2.05, 4.69) is 5.10 Å². The van der Waals surface area contributed by atoms with Gasteiger partial charge in [-0.25, -0.2) is 13.9 Å². The van der Waals surface area contributed by atoms with E-state index in [4.69, 9.17) is 4.74 Å². The van der Waals surface area contributed by atoms with Gasteiger partial charge in [0.1, 0.15) is 11.4 Å². The number of hydrazone groups is 1. The number of rotatable bonds is 6. The van der Waals surface area contributed by atoms with Crippen LogP contribution in [0.1, 0.15) is 24.8 Å². The molecule has 1 aliphatic heterocycles. The molecule has 0 radical (unpaired) electrons. The SMILES string of the molecule is Fc1cccc(F)c1N1CC=NN1Cc1ccccc1OCC1CCC1. The van der Waals surface area contributed by atoms with Crippen LogP contribution in [0, 0.1) is 17.6 Å². The summed E-state index contributed by atoms with van der Waals surface area (Å²) in [6, 6.07) is 11.6. The second-order valence-corrected chi connectivity index (χ2v) is 6.70. The molecule has 0 aromatic heterocycles. The molecule has 0 N–H and O–H groups in total. The number of hydrogen-bond donors (Lipinski definition) is 0. The Kier molecular flexibility index (Phi) is 4.73. The van der Waals surface area contributed by atoms with Crippen molar-refractivity contribution in [3.8, 4) is 5.75 Å². The average molecular weight is 357 g/mol. The summed E-state index contributed by atoms with van der Waals surface area (Å²) in [7, 11) is 0. The van der Waals surface area contributed by atoms with Crippen molar-refractivity contribution in [3.63, 3.8) is 0 Å². The third kappa shape index (κ3) is 3.36. The van der Waals surface area contributed by atoms with E-state index in [9.17, 15) is 8.78 Å². The van der Waals surface area contributed by atoms with Crippen LogP contribution in [-0.2, 0) is 6.54 Å². The summed E-state index contributed by atoms with van der Waals surface area (Å²) in [5.74, 6) is 0.234. The highest BCUT2D eigenvalue weighted by atomic mass is 19.1. The first-order chi connectivity index (χ1) is 12.7. The van der Waals surface area contributed by atoms with Crippen LogP contribution in [-0.4, -0.2) is 24.5 Å². The summed E-state index contributed by atoms with van der Waals surface area (Å²) in [6.07, 6.45) is 5.36. The summed E-state index contributed by atoms with van der Waals surface area (Å²) in [6.45, 7) is 1.42. The molecule has 0 atom stereocenters. The Balaban J connectivity index is 1.52. The lowest BCUT2D eigenvalue weighted by Crippen LogP contribution is -2.36. The van der Waals surface area contributed by atoms with Crippen LogP contribution in [0.5, 0.6) is 5.75 Å². The maximum atomic E-state index is 14.2. The third-order valence-electron chi connectivity index (χ3n) is 4.93. The minimum Gasteiger partial charge on any atom is -0.493 e. The number of halogens is 2. The van der Waals surface area contributed by atoms with Gasteiger partial charge in [-0.15, -0.1) is 0 Å². The zero-order valence-electron chi connectivity index (χ0n) is 14.4. The van der Waals surface area contributed by atoms with Gasteiger partial charge in [0.2, 0.25) is 0 Å². The third-order valence-corrected chi connectivity index (χ3v) is 4.93. The molecular formula is C20H21F2N3O. The maximum Gasteiger partial charge on any atom is 0.151 e. The minimum absolute atomic E-state index is 0.0853. The van der Waals surface area contributed by atoms with Gasteiger partial charge in [-0.05, 0) is 37.0 Å². The van der Waals surface area contributed by atoms with Crippen LogP contribution in [0.2, 0.25) is 0 Å². The van der Waals surface area contributed by atoms with Crippen LogP contribution in [0.3, 0.4) is 0 Å². The van der Waals surface area contributed by atoms with Crippen molar-refractivity contribution < 1.29 is 13.5 Å². The predicted octanol–water partition coefficient (Wildman–Crippen LogP) is 4.37. The number of para-hydroxylation sites is 2. The lowest BCUT2D eigenvalue weighted by Gasteiger charge is -2.30. The van der Waals surface area contributed by atoms with Gasteiger partial charge in [0.15, 0.2) is 11.6 Å². The summed E-state index contributed by atoms with van der Waals surface area (Å²) in [5, 5.41) is 7.36. The van der Waals surface area contributed by atoms with E-state index in [0.29, 0.717) is 25.6 Å². The lowest BCUT2D eigenvalue weighted by molar-refractivity contribution is 0.177. The molecule has 2 aliphatic rings. The first-order valence-corrected chi connectivity index (χ1v) is 8.94.